The molecule has 4 rings (SSSR count). The Morgan fingerprint density at radius 1 is 1.05 bits per heavy atom. The van der Waals surface area contributed by atoms with Gasteiger partial charge in [0.1, 0.15) is 0 Å². The van der Waals surface area contributed by atoms with Crippen LogP contribution in [0.25, 0.3) is 16.6 Å². The van der Waals surface area contributed by atoms with Crippen molar-refractivity contribution in [3.63, 3.8) is 0 Å². The molecule has 0 aliphatic carbocycles. The summed E-state index contributed by atoms with van der Waals surface area (Å²) >= 11 is 0. The number of hydrogen-bond donors (Lipinski definition) is 1. The second-order valence-electron chi connectivity index (χ2n) is 5.01. The molecule has 2 aromatic carbocycles. The van der Waals surface area contributed by atoms with E-state index in [4.69, 9.17) is 15.2 Å². The summed E-state index contributed by atoms with van der Waals surface area (Å²) in [5, 5.41) is 1.06. The Kier molecular flexibility index (Phi) is 2.21. The molecule has 20 heavy (non-hydrogen) atoms. The van der Waals surface area contributed by atoms with Crippen LogP contribution in [0, 0.1) is 6.92 Å². The van der Waals surface area contributed by atoms with E-state index in [0.717, 1.165) is 33.8 Å². The van der Waals surface area contributed by atoms with Gasteiger partial charge in [0.25, 0.3) is 0 Å². The van der Waals surface area contributed by atoms with Crippen LogP contribution in [0.15, 0.2) is 42.6 Å². The van der Waals surface area contributed by atoms with Gasteiger partial charge in [0.15, 0.2) is 11.5 Å². The largest absolute Gasteiger partial charge is 0.454 e. The van der Waals surface area contributed by atoms with Crippen molar-refractivity contribution in [2.45, 2.75) is 6.92 Å². The third-order valence-corrected chi connectivity index (χ3v) is 3.63. The van der Waals surface area contributed by atoms with Crippen LogP contribution in [0.4, 0.5) is 5.69 Å². The Bertz CT molecular complexity index is 821. The molecular weight excluding hydrogens is 252 g/mol. The number of anilines is 1. The molecule has 4 heteroatoms. The van der Waals surface area contributed by atoms with Gasteiger partial charge in [0.05, 0.1) is 11.2 Å². The summed E-state index contributed by atoms with van der Waals surface area (Å²) in [5.74, 6) is 1.56. The molecule has 1 aliphatic heterocycles. The fourth-order valence-corrected chi connectivity index (χ4v) is 2.61. The SMILES string of the molecule is Cc1ccc2c(N)cn(-c3ccc4c(c3)OCO4)c2c1. The predicted octanol–water partition coefficient (Wildman–Crippen LogP) is 3.25. The molecule has 0 amide bonds. The van der Waals surface area contributed by atoms with E-state index >= 15 is 0 Å². The van der Waals surface area contributed by atoms with E-state index in [2.05, 4.69) is 29.7 Å². The Balaban J connectivity index is 1.96. The third kappa shape index (κ3) is 1.54. The number of fused-ring (bicyclic) bond motifs is 2. The summed E-state index contributed by atoms with van der Waals surface area (Å²) < 4.78 is 12.9. The molecule has 100 valence electrons. The number of aryl methyl sites for hydroxylation is 1. The Hall–Kier alpha value is -2.62. The number of benzene rings is 2. The van der Waals surface area contributed by atoms with Crippen molar-refractivity contribution in [3.8, 4) is 17.2 Å². The molecule has 0 saturated carbocycles. The zero-order chi connectivity index (χ0) is 13.7. The van der Waals surface area contributed by atoms with E-state index in [-0.39, 0.29) is 6.79 Å². The number of rotatable bonds is 1. The van der Waals surface area contributed by atoms with Gasteiger partial charge in [-0.15, -0.1) is 0 Å². The van der Waals surface area contributed by atoms with E-state index in [1.165, 1.54) is 5.56 Å². The molecule has 0 unspecified atom stereocenters. The molecule has 0 radical (unpaired) electrons. The number of hydrogen-bond acceptors (Lipinski definition) is 3. The molecule has 0 spiro atoms. The molecule has 1 aromatic heterocycles. The highest BCUT2D eigenvalue weighted by Gasteiger charge is 2.15. The summed E-state index contributed by atoms with van der Waals surface area (Å²) in [6.45, 7) is 2.36. The van der Waals surface area contributed by atoms with Gasteiger partial charge in [-0.25, -0.2) is 0 Å². The van der Waals surface area contributed by atoms with Gasteiger partial charge >= 0.3 is 0 Å². The average molecular weight is 266 g/mol. The summed E-state index contributed by atoms with van der Waals surface area (Å²) in [5.41, 5.74) is 10.2. The van der Waals surface area contributed by atoms with Crippen molar-refractivity contribution in [1.82, 2.24) is 4.57 Å². The number of nitrogens with two attached hydrogens (primary N) is 1. The van der Waals surface area contributed by atoms with Crippen molar-refractivity contribution in [2.75, 3.05) is 12.5 Å². The lowest BCUT2D eigenvalue weighted by atomic mass is 10.2. The lowest BCUT2D eigenvalue weighted by molar-refractivity contribution is 0.174. The Labute approximate surface area is 116 Å². The minimum absolute atomic E-state index is 0.284. The summed E-state index contributed by atoms with van der Waals surface area (Å²) in [7, 11) is 0. The van der Waals surface area contributed by atoms with Crippen LogP contribution in [-0.4, -0.2) is 11.4 Å². The Morgan fingerprint density at radius 3 is 2.80 bits per heavy atom. The topological polar surface area (TPSA) is 49.4 Å². The summed E-state index contributed by atoms with van der Waals surface area (Å²) in [4.78, 5) is 0. The van der Waals surface area contributed by atoms with Gasteiger partial charge < -0.3 is 19.8 Å². The molecule has 1 aliphatic rings. The molecule has 2 heterocycles. The maximum absolute atomic E-state index is 6.10. The molecule has 0 fully saturated rings. The highest BCUT2D eigenvalue weighted by molar-refractivity contribution is 5.93. The number of nitrogens with zero attached hydrogens (tertiary/aromatic N) is 1. The zero-order valence-electron chi connectivity index (χ0n) is 11.1. The van der Waals surface area contributed by atoms with Gasteiger partial charge in [-0.2, -0.15) is 0 Å². The van der Waals surface area contributed by atoms with Crippen LogP contribution in [0.3, 0.4) is 0 Å². The molecular formula is C16H14N2O2. The summed E-state index contributed by atoms with van der Waals surface area (Å²) in [6, 6.07) is 12.2. The molecule has 4 nitrogen and oxygen atoms in total. The van der Waals surface area contributed by atoms with E-state index in [1.54, 1.807) is 0 Å². The van der Waals surface area contributed by atoms with Crippen molar-refractivity contribution in [1.29, 1.82) is 0 Å². The first-order valence-electron chi connectivity index (χ1n) is 6.49. The maximum Gasteiger partial charge on any atom is 0.231 e. The highest BCUT2D eigenvalue weighted by atomic mass is 16.7. The van der Waals surface area contributed by atoms with E-state index < -0.39 is 0 Å². The van der Waals surface area contributed by atoms with Crippen LogP contribution in [0.2, 0.25) is 0 Å². The minimum atomic E-state index is 0.284. The lowest BCUT2D eigenvalue weighted by Gasteiger charge is -2.07. The van der Waals surface area contributed by atoms with Crippen LogP contribution in [0.1, 0.15) is 5.56 Å². The van der Waals surface area contributed by atoms with Crippen LogP contribution in [0.5, 0.6) is 11.5 Å². The molecule has 0 saturated heterocycles. The van der Waals surface area contributed by atoms with Gasteiger partial charge in [-0.1, -0.05) is 12.1 Å². The second-order valence-corrected chi connectivity index (χ2v) is 5.01. The first-order chi connectivity index (χ1) is 9.72. The van der Waals surface area contributed by atoms with Crippen molar-refractivity contribution >= 4 is 16.6 Å². The van der Waals surface area contributed by atoms with E-state index in [1.807, 2.05) is 24.4 Å². The minimum Gasteiger partial charge on any atom is -0.454 e. The second kappa shape index (κ2) is 3.93. The average Bonchev–Trinajstić information content (AvgIpc) is 3.02. The van der Waals surface area contributed by atoms with E-state index in [9.17, 15) is 0 Å². The van der Waals surface area contributed by atoms with Crippen molar-refractivity contribution in [3.05, 3.63) is 48.2 Å². The molecule has 3 aromatic rings. The number of ether oxygens (including phenoxy) is 2. The fraction of sp³-hybridized carbons (Fsp3) is 0.125. The maximum atomic E-state index is 6.10. The lowest BCUT2D eigenvalue weighted by Crippen LogP contribution is -1.93. The quantitative estimate of drug-likeness (QED) is 0.735. The molecule has 0 bridgehead atoms. The van der Waals surface area contributed by atoms with Gasteiger partial charge in [0, 0.05) is 23.3 Å². The number of nitrogen functional groups attached to an aromatic ring is 1. The third-order valence-electron chi connectivity index (χ3n) is 3.63. The molecule has 2 N–H and O–H groups in total. The monoisotopic (exact) mass is 266 g/mol. The standard InChI is InChI=1S/C16H14N2O2/c1-10-2-4-12-13(17)8-18(14(12)6-10)11-3-5-15-16(7-11)20-9-19-15/h2-8H,9,17H2,1H3. The highest BCUT2D eigenvalue weighted by Crippen LogP contribution is 2.35. The number of aromatic nitrogens is 1. The van der Waals surface area contributed by atoms with Crippen LogP contribution in [-0.2, 0) is 0 Å². The van der Waals surface area contributed by atoms with Crippen LogP contribution < -0.4 is 15.2 Å². The molecule has 0 atom stereocenters. The zero-order valence-corrected chi connectivity index (χ0v) is 11.1. The van der Waals surface area contributed by atoms with Gasteiger partial charge in [-0.05, 0) is 30.7 Å². The van der Waals surface area contributed by atoms with Crippen LogP contribution >= 0.6 is 0 Å². The first kappa shape index (κ1) is 11.2. The normalized spacial score (nSPS) is 13.1. The van der Waals surface area contributed by atoms with Gasteiger partial charge in [0.2, 0.25) is 6.79 Å². The summed E-state index contributed by atoms with van der Waals surface area (Å²) in [6.07, 6.45) is 1.95. The van der Waals surface area contributed by atoms with Crippen molar-refractivity contribution < 1.29 is 9.47 Å². The smallest absolute Gasteiger partial charge is 0.231 e. The Morgan fingerprint density at radius 2 is 1.90 bits per heavy atom. The van der Waals surface area contributed by atoms with Crippen molar-refractivity contribution in [2.24, 2.45) is 0 Å². The van der Waals surface area contributed by atoms with E-state index in [0.29, 0.717) is 0 Å². The fourth-order valence-electron chi connectivity index (χ4n) is 2.61. The van der Waals surface area contributed by atoms with Gasteiger partial charge in [-0.3, -0.25) is 0 Å². The predicted molar refractivity (Wildman–Crippen MR) is 78.5 cm³/mol. The first-order valence-corrected chi connectivity index (χ1v) is 6.49.